The average Bonchev–Trinajstić information content (AvgIpc) is 3.55. The van der Waals surface area contributed by atoms with Crippen molar-refractivity contribution in [2.75, 3.05) is 55.1 Å². The summed E-state index contributed by atoms with van der Waals surface area (Å²) in [6.45, 7) is 6.47. The van der Waals surface area contributed by atoms with Gasteiger partial charge in [-0.05, 0) is 57.0 Å². The number of morpholine rings is 1. The first kappa shape index (κ1) is 31.1. The van der Waals surface area contributed by atoms with Crippen molar-refractivity contribution < 1.29 is 36.3 Å². The molecule has 0 saturated carbocycles. The van der Waals surface area contributed by atoms with E-state index >= 15 is 0 Å². The first-order chi connectivity index (χ1) is 21.4. The molecule has 1 aromatic heterocycles. The van der Waals surface area contributed by atoms with Crippen LogP contribution >= 0.6 is 0 Å². The quantitative estimate of drug-likeness (QED) is 0.354. The van der Waals surface area contributed by atoms with Crippen molar-refractivity contribution in [1.29, 1.82) is 0 Å². The van der Waals surface area contributed by atoms with Crippen LogP contribution in [-0.2, 0) is 36.4 Å². The van der Waals surface area contributed by atoms with E-state index in [1.807, 2.05) is 0 Å². The molecule has 2 aromatic carbocycles. The SMILES string of the molecule is CC1(C)c2[nH]nc(NC(=O)c3ccc(N4CCOCC4)cc3NC(=O)C3CCOCC3)c2CN1S(=O)(=O)c1cc(F)cc(F)c1. The molecule has 0 bridgehead atoms. The maximum atomic E-state index is 13.9. The summed E-state index contributed by atoms with van der Waals surface area (Å²) in [5.74, 6) is -2.95. The van der Waals surface area contributed by atoms with E-state index in [2.05, 4.69) is 25.7 Å². The summed E-state index contributed by atoms with van der Waals surface area (Å²) < 4.78 is 66.9. The highest BCUT2D eigenvalue weighted by Crippen LogP contribution is 2.44. The number of carbonyl (C=O) groups is 2. The number of ether oxygens (including phenoxy) is 2. The second kappa shape index (κ2) is 12.1. The molecule has 240 valence electrons. The van der Waals surface area contributed by atoms with Gasteiger partial charge < -0.3 is 25.0 Å². The highest BCUT2D eigenvalue weighted by atomic mass is 32.2. The molecule has 0 aliphatic carbocycles. The lowest BCUT2D eigenvalue weighted by molar-refractivity contribution is -0.122. The fourth-order valence-corrected chi connectivity index (χ4v) is 7.77. The predicted octanol–water partition coefficient (Wildman–Crippen LogP) is 3.58. The Morgan fingerprint density at radius 1 is 0.978 bits per heavy atom. The van der Waals surface area contributed by atoms with E-state index in [0.717, 1.165) is 22.1 Å². The zero-order valence-electron chi connectivity index (χ0n) is 24.9. The standard InChI is InChI=1S/C30H34F2N6O6S/c1-30(2)26-24(17-38(30)45(41,42)22-14-19(31)13-20(32)15-22)27(36-35-26)34-29(40)23-4-3-21(37-7-11-44-12-8-37)16-25(23)33-28(39)18-5-9-43-10-6-18/h3-4,13-16,18H,5-12,17H2,1-2H3,(H,33,39)(H2,34,35,36,40). The maximum Gasteiger partial charge on any atom is 0.258 e. The van der Waals surface area contributed by atoms with Crippen LogP contribution < -0.4 is 15.5 Å². The molecule has 3 N–H and O–H groups in total. The minimum atomic E-state index is -4.35. The number of amides is 2. The number of hydrogen-bond donors (Lipinski definition) is 3. The van der Waals surface area contributed by atoms with Crippen molar-refractivity contribution in [2.45, 2.75) is 43.7 Å². The number of nitrogens with one attached hydrogen (secondary N) is 3. The minimum absolute atomic E-state index is 0.102. The first-order valence-electron chi connectivity index (χ1n) is 14.7. The van der Waals surface area contributed by atoms with Crippen LogP contribution in [-0.4, -0.2) is 74.3 Å². The summed E-state index contributed by atoms with van der Waals surface area (Å²) in [6, 6.07) is 7.32. The van der Waals surface area contributed by atoms with Crippen LogP contribution in [0.3, 0.4) is 0 Å². The van der Waals surface area contributed by atoms with E-state index < -0.39 is 38.0 Å². The van der Waals surface area contributed by atoms with Crippen LogP contribution in [0.5, 0.6) is 0 Å². The topological polar surface area (TPSA) is 146 Å². The smallest absolute Gasteiger partial charge is 0.258 e. The molecular weight excluding hydrogens is 610 g/mol. The number of anilines is 3. The highest BCUT2D eigenvalue weighted by Gasteiger charge is 2.48. The Morgan fingerprint density at radius 2 is 1.64 bits per heavy atom. The van der Waals surface area contributed by atoms with E-state index in [9.17, 15) is 26.8 Å². The normalized spacial score (nSPS) is 18.9. The lowest BCUT2D eigenvalue weighted by Crippen LogP contribution is -2.40. The molecular formula is C30H34F2N6O6S. The molecule has 0 unspecified atom stereocenters. The monoisotopic (exact) mass is 644 g/mol. The minimum Gasteiger partial charge on any atom is -0.381 e. The zero-order valence-corrected chi connectivity index (χ0v) is 25.7. The van der Waals surface area contributed by atoms with Crippen molar-refractivity contribution in [3.63, 3.8) is 0 Å². The number of sulfonamides is 1. The molecule has 0 atom stereocenters. The van der Waals surface area contributed by atoms with Crippen LogP contribution in [0.15, 0.2) is 41.3 Å². The third-order valence-corrected chi connectivity index (χ3v) is 10.5. The molecule has 15 heteroatoms. The van der Waals surface area contributed by atoms with Gasteiger partial charge in [0.1, 0.15) is 11.6 Å². The van der Waals surface area contributed by atoms with Crippen LogP contribution in [0.25, 0.3) is 0 Å². The lowest BCUT2D eigenvalue weighted by Gasteiger charge is -2.30. The van der Waals surface area contributed by atoms with Gasteiger partial charge in [0.15, 0.2) is 5.82 Å². The van der Waals surface area contributed by atoms with Gasteiger partial charge in [0.25, 0.3) is 5.91 Å². The van der Waals surface area contributed by atoms with Gasteiger partial charge in [-0.1, -0.05) is 0 Å². The second-order valence-electron chi connectivity index (χ2n) is 11.8. The van der Waals surface area contributed by atoms with Gasteiger partial charge in [-0.25, -0.2) is 17.2 Å². The van der Waals surface area contributed by atoms with E-state index in [0.29, 0.717) is 75.4 Å². The van der Waals surface area contributed by atoms with Gasteiger partial charge in [-0.3, -0.25) is 14.7 Å². The van der Waals surface area contributed by atoms with Crippen molar-refractivity contribution in [2.24, 2.45) is 5.92 Å². The number of H-pyrrole nitrogens is 1. The molecule has 2 fully saturated rings. The van der Waals surface area contributed by atoms with E-state index in [1.54, 1.807) is 32.0 Å². The molecule has 3 aliphatic rings. The number of halogens is 2. The Balaban J connectivity index is 1.27. The Bertz CT molecular complexity index is 1710. The summed E-state index contributed by atoms with van der Waals surface area (Å²) in [7, 11) is -4.35. The molecule has 2 amide bonds. The zero-order chi connectivity index (χ0) is 31.9. The van der Waals surface area contributed by atoms with Crippen LogP contribution in [0, 0.1) is 17.6 Å². The van der Waals surface area contributed by atoms with E-state index in [1.165, 1.54) is 0 Å². The maximum absolute atomic E-state index is 13.9. The number of nitrogens with zero attached hydrogens (tertiary/aromatic N) is 3. The molecule has 3 aliphatic heterocycles. The van der Waals surface area contributed by atoms with Crippen LogP contribution in [0.2, 0.25) is 0 Å². The number of fused-ring (bicyclic) bond motifs is 1. The molecule has 45 heavy (non-hydrogen) atoms. The molecule has 0 radical (unpaired) electrons. The number of rotatable bonds is 7. The number of aromatic nitrogens is 2. The number of hydrogen-bond acceptors (Lipinski definition) is 8. The van der Waals surface area contributed by atoms with Crippen molar-refractivity contribution >= 4 is 39.0 Å². The van der Waals surface area contributed by atoms with E-state index in [-0.39, 0.29) is 29.8 Å². The predicted molar refractivity (Wildman–Crippen MR) is 160 cm³/mol. The second-order valence-corrected chi connectivity index (χ2v) is 13.6. The Morgan fingerprint density at radius 3 is 2.33 bits per heavy atom. The summed E-state index contributed by atoms with van der Waals surface area (Å²) >= 11 is 0. The third kappa shape index (κ3) is 6.04. The fourth-order valence-electron chi connectivity index (χ4n) is 6.01. The summed E-state index contributed by atoms with van der Waals surface area (Å²) in [5.41, 5.74) is 1.00. The van der Waals surface area contributed by atoms with Gasteiger partial charge in [-0.15, -0.1) is 0 Å². The Kier molecular flexibility index (Phi) is 8.37. The molecule has 6 rings (SSSR count). The van der Waals surface area contributed by atoms with Gasteiger partial charge >= 0.3 is 0 Å². The van der Waals surface area contributed by atoms with Crippen LogP contribution in [0.1, 0.15) is 48.3 Å². The number of carbonyl (C=O) groups excluding carboxylic acids is 2. The van der Waals surface area contributed by atoms with Gasteiger partial charge in [0.2, 0.25) is 15.9 Å². The largest absolute Gasteiger partial charge is 0.381 e. The molecule has 0 spiro atoms. The Hall–Kier alpha value is -3.92. The van der Waals surface area contributed by atoms with Crippen molar-refractivity contribution in [1.82, 2.24) is 14.5 Å². The third-order valence-electron chi connectivity index (χ3n) is 8.53. The highest BCUT2D eigenvalue weighted by molar-refractivity contribution is 7.89. The van der Waals surface area contributed by atoms with Crippen molar-refractivity contribution in [3.05, 3.63) is 64.9 Å². The molecule has 3 aromatic rings. The summed E-state index contributed by atoms with van der Waals surface area (Å²) in [5, 5.41) is 12.8. The first-order valence-corrected chi connectivity index (χ1v) is 16.1. The fraction of sp³-hybridized carbons (Fsp3) is 0.433. The van der Waals surface area contributed by atoms with E-state index in [4.69, 9.17) is 9.47 Å². The molecule has 4 heterocycles. The summed E-state index contributed by atoms with van der Waals surface area (Å²) in [6.07, 6.45) is 1.15. The van der Waals surface area contributed by atoms with Crippen molar-refractivity contribution in [3.8, 4) is 0 Å². The Labute approximate surface area is 259 Å². The average molecular weight is 645 g/mol. The lowest BCUT2D eigenvalue weighted by atomic mass is 9.99. The van der Waals surface area contributed by atoms with Gasteiger partial charge in [-0.2, -0.15) is 9.40 Å². The van der Waals surface area contributed by atoms with Gasteiger partial charge in [0, 0.05) is 56.1 Å². The van der Waals surface area contributed by atoms with Gasteiger partial charge in [0.05, 0.1) is 40.6 Å². The number of benzene rings is 2. The molecule has 12 nitrogen and oxygen atoms in total. The number of aromatic amines is 1. The molecule has 2 saturated heterocycles. The summed E-state index contributed by atoms with van der Waals surface area (Å²) in [4.78, 5) is 28.5. The van der Waals surface area contributed by atoms with Crippen LogP contribution in [0.4, 0.5) is 26.0 Å².